The van der Waals surface area contributed by atoms with Crippen LogP contribution in [0.15, 0.2) is 12.4 Å². The zero-order valence-corrected chi connectivity index (χ0v) is 11.8. The number of hydrogen-bond acceptors (Lipinski definition) is 2. The van der Waals surface area contributed by atoms with Gasteiger partial charge < -0.3 is 10.3 Å². The molecule has 2 N–H and O–H groups in total. The van der Waals surface area contributed by atoms with Crippen molar-refractivity contribution in [3.05, 3.63) is 18.2 Å². The number of amides is 1. The molecule has 4 heteroatoms. The Hall–Kier alpha value is -1.32. The van der Waals surface area contributed by atoms with Gasteiger partial charge in [-0.05, 0) is 25.7 Å². The monoisotopic (exact) mass is 263 g/mol. The molecule has 1 unspecified atom stereocenters. The van der Waals surface area contributed by atoms with E-state index in [2.05, 4.69) is 15.3 Å². The SMILES string of the molecule is CC(NC(=O)CCCC1CCCCC1)c1ncc[nH]1. The van der Waals surface area contributed by atoms with Crippen molar-refractivity contribution in [2.45, 2.75) is 64.3 Å². The van der Waals surface area contributed by atoms with Crippen LogP contribution in [0.4, 0.5) is 0 Å². The van der Waals surface area contributed by atoms with Gasteiger partial charge in [-0.2, -0.15) is 0 Å². The fourth-order valence-electron chi connectivity index (χ4n) is 2.92. The zero-order valence-electron chi connectivity index (χ0n) is 11.8. The molecule has 1 saturated carbocycles. The van der Waals surface area contributed by atoms with E-state index in [0.29, 0.717) is 6.42 Å². The van der Waals surface area contributed by atoms with Gasteiger partial charge >= 0.3 is 0 Å². The number of carbonyl (C=O) groups is 1. The van der Waals surface area contributed by atoms with Gasteiger partial charge in [0.25, 0.3) is 0 Å². The van der Waals surface area contributed by atoms with Crippen molar-refractivity contribution < 1.29 is 4.79 Å². The summed E-state index contributed by atoms with van der Waals surface area (Å²) < 4.78 is 0. The highest BCUT2D eigenvalue weighted by Crippen LogP contribution is 2.27. The number of aromatic nitrogens is 2. The molecule has 1 aliphatic carbocycles. The minimum Gasteiger partial charge on any atom is -0.347 e. The van der Waals surface area contributed by atoms with Crippen LogP contribution in [0.25, 0.3) is 0 Å². The lowest BCUT2D eigenvalue weighted by molar-refractivity contribution is -0.121. The number of nitrogens with one attached hydrogen (secondary N) is 2. The Morgan fingerprint density at radius 3 is 2.95 bits per heavy atom. The normalized spacial score (nSPS) is 18.2. The van der Waals surface area contributed by atoms with E-state index in [1.807, 2.05) is 6.92 Å². The molecule has 0 bridgehead atoms. The van der Waals surface area contributed by atoms with Crippen LogP contribution in [0.2, 0.25) is 0 Å². The Morgan fingerprint density at radius 1 is 1.47 bits per heavy atom. The maximum atomic E-state index is 11.8. The van der Waals surface area contributed by atoms with E-state index in [4.69, 9.17) is 0 Å². The van der Waals surface area contributed by atoms with E-state index in [1.165, 1.54) is 38.5 Å². The molecule has 0 aromatic carbocycles. The Labute approximate surface area is 115 Å². The fraction of sp³-hybridized carbons (Fsp3) is 0.733. The van der Waals surface area contributed by atoms with Gasteiger partial charge in [0.1, 0.15) is 5.82 Å². The first-order valence-corrected chi connectivity index (χ1v) is 7.54. The summed E-state index contributed by atoms with van der Waals surface area (Å²) in [4.78, 5) is 19.0. The van der Waals surface area contributed by atoms with E-state index in [0.717, 1.165) is 18.2 Å². The number of H-pyrrole nitrogens is 1. The molecule has 1 atom stereocenters. The molecule has 1 aromatic rings. The highest BCUT2D eigenvalue weighted by molar-refractivity contribution is 5.76. The Kier molecular flexibility index (Phi) is 5.43. The lowest BCUT2D eigenvalue weighted by Crippen LogP contribution is -2.27. The predicted molar refractivity (Wildman–Crippen MR) is 75.6 cm³/mol. The van der Waals surface area contributed by atoms with Gasteiger partial charge in [-0.15, -0.1) is 0 Å². The number of hydrogen-bond donors (Lipinski definition) is 2. The van der Waals surface area contributed by atoms with Gasteiger partial charge in [0.15, 0.2) is 0 Å². The number of aromatic amines is 1. The third-order valence-electron chi connectivity index (χ3n) is 4.05. The molecule has 1 amide bonds. The van der Waals surface area contributed by atoms with Crippen LogP contribution in [0.5, 0.6) is 0 Å². The molecular weight excluding hydrogens is 238 g/mol. The maximum Gasteiger partial charge on any atom is 0.220 e. The lowest BCUT2D eigenvalue weighted by atomic mass is 9.86. The van der Waals surface area contributed by atoms with Crippen LogP contribution in [0, 0.1) is 5.92 Å². The van der Waals surface area contributed by atoms with Gasteiger partial charge in [0.2, 0.25) is 5.91 Å². The first-order valence-electron chi connectivity index (χ1n) is 7.54. The zero-order chi connectivity index (χ0) is 13.5. The average Bonchev–Trinajstić information content (AvgIpc) is 2.94. The van der Waals surface area contributed by atoms with E-state index in [-0.39, 0.29) is 11.9 Å². The summed E-state index contributed by atoms with van der Waals surface area (Å²) in [7, 11) is 0. The van der Waals surface area contributed by atoms with E-state index in [9.17, 15) is 4.79 Å². The van der Waals surface area contributed by atoms with Gasteiger partial charge in [-0.25, -0.2) is 4.98 Å². The Morgan fingerprint density at radius 2 is 2.26 bits per heavy atom. The Balaban J connectivity index is 1.61. The van der Waals surface area contributed by atoms with Crippen molar-refractivity contribution in [1.82, 2.24) is 15.3 Å². The molecule has 1 fully saturated rings. The third-order valence-corrected chi connectivity index (χ3v) is 4.05. The van der Waals surface area contributed by atoms with Gasteiger partial charge in [-0.1, -0.05) is 32.1 Å². The maximum absolute atomic E-state index is 11.8. The molecule has 0 saturated heterocycles. The summed E-state index contributed by atoms with van der Waals surface area (Å²) >= 11 is 0. The van der Waals surface area contributed by atoms with E-state index < -0.39 is 0 Å². The number of carbonyl (C=O) groups excluding carboxylic acids is 1. The Bertz CT molecular complexity index is 369. The van der Waals surface area contributed by atoms with Crippen LogP contribution in [0.3, 0.4) is 0 Å². The second-order valence-corrected chi connectivity index (χ2v) is 5.66. The standard InChI is InChI=1S/C15H25N3O/c1-12(15-16-10-11-17-15)18-14(19)9-5-8-13-6-3-2-4-7-13/h10-13H,2-9H2,1H3,(H,16,17)(H,18,19). The van der Waals surface area contributed by atoms with Crippen LogP contribution >= 0.6 is 0 Å². The topological polar surface area (TPSA) is 57.8 Å². The fourth-order valence-corrected chi connectivity index (χ4v) is 2.92. The summed E-state index contributed by atoms with van der Waals surface area (Å²) in [6.07, 6.45) is 13.2. The first kappa shape index (κ1) is 14.1. The largest absolute Gasteiger partial charge is 0.347 e. The molecule has 4 nitrogen and oxygen atoms in total. The van der Waals surface area contributed by atoms with Crippen LogP contribution in [-0.2, 0) is 4.79 Å². The van der Waals surface area contributed by atoms with Gasteiger partial charge in [0, 0.05) is 18.8 Å². The molecule has 1 aromatic heterocycles. The molecule has 2 rings (SSSR count). The second kappa shape index (κ2) is 7.31. The van der Waals surface area contributed by atoms with Crippen molar-refractivity contribution in [2.75, 3.05) is 0 Å². The van der Waals surface area contributed by atoms with Crippen molar-refractivity contribution >= 4 is 5.91 Å². The highest BCUT2D eigenvalue weighted by atomic mass is 16.1. The second-order valence-electron chi connectivity index (χ2n) is 5.66. The van der Waals surface area contributed by atoms with Gasteiger partial charge in [0.05, 0.1) is 6.04 Å². The molecule has 1 aliphatic rings. The minimum atomic E-state index is -0.0304. The summed E-state index contributed by atoms with van der Waals surface area (Å²) in [6, 6.07) is -0.0304. The van der Waals surface area contributed by atoms with E-state index in [1.54, 1.807) is 12.4 Å². The molecule has 0 spiro atoms. The van der Waals surface area contributed by atoms with Crippen LogP contribution in [0.1, 0.15) is 70.2 Å². The lowest BCUT2D eigenvalue weighted by Gasteiger charge is -2.21. The van der Waals surface area contributed by atoms with Crippen LogP contribution in [-0.4, -0.2) is 15.9 Å². The van der Waals surface area contributed by atoms with Crippen LogP contribution < -0.4 is 5.32 Å². The molecular formula is C15H25N3O. The van der Waals surface area contributed by atoms with Crippen molar-refractivity contribution in [3.8, 4) is 0 Å². The molecule has 106 valence electrons. The summed E-state index contributed by atoms with van der Waals surface area (Å²) in [5.74, 6) is 1.82. The molecule has 1 heterocycles. The summed E-state index contributed by atoms with van der Waals surface area (Å²) in [5.41, 5.74) is 0. The molecule has 19 heavy (non-hydrogen) atoms. The molecule has 0 radical (unpaired) electrons. The summed E-state index contributed by atoms with van der Waals surface area (Å²) in [5, 5.41) is 2.99. The third kappa shape index (κ3) is 4.69. The first-order chi connectivity index (χ1) is 9.25. The quantitative estimate of drug-likeness (QED) is 0.827. The van der Waals surface area contributed by atoms with Gasteiger partial charge in [-0.3, -0.25) is 4.79 Å². The van der Waals surface area contributed by atoms with Crippen molar-refractivity contribution in [2.24, 2.45) is 5.92 Å². The van der Waals surface area contributed by atoms with E-state index >= 15 is 0 Å². The highest BCUT2D eigenvalue weighted by Gasteiger charge is 2.15. The number of imidazole rings is 1. The average molecular weight is 263 g/mol. The minimum absolute atomic E-state index is 0.0304. The number of nitrogens with zero attached hydrogens (tertiary/aromatic N) is 1. The molecule has 0 aliphatic heterocycles. The smallest absolute Gasteiger partial charge is 0.220 e. The summed E-state index contributed by atoms with van der Waals surface area (Å²) in [6.45, 7) is 1.96. The predicted octanol–water partition coefficient (Wildman–Crippen LogP) is 3.34. The number of rotatable bonds is 6. The van der Waals surface area contributed by atoms with Crippen molar-refractivity contribution in [1.29, 1.82) is 0 Å². The van der Waals surface area contributed by atoms with Crippen molar-refractivity contribution in [3.63, 3.8) is 0 Å².